The Morgan fingerprint density at radius 2 is 0.870 bits per heavy atom. The van der Waals surface area contributed by atoms with E-state index >= 15 is 0 Å². The summed E-state index contributed by atoms with van der Waals surface area (Å²) in [4.78, 5) is 33.5. The Labute approximate surface area is 277 Å². The second-order valence-corrected chi connectivity index (χ2v) is 11.2. The first-order chi connectivity index (χ1) is 22.6. The number of rotatable bonds is 38. The molecule has 0 saturated heterocycles. The summed E-state index contributed by atoms with van der Waals surface area (Å²) in [5.41, 5.74) is 0. The third kappa shape index (κ3) is 38.4. The summed E-state index contributed by atoms with van der Waals surface area (Å²) in [6.07, 6.45) is 20.1. The predicted octanol–water partition coefficient (Wildman–Crippen LogP) is 5.09. The maximum atomic E-state index is 11.9. The highest BCUT2D eigenvalue weighted by molar-refractivity contribution is 5.77. The van der Waals surface area contributed by atoms with Gasteiger partial charge in [0.25, 0.3) is 0 Å². The largest absolute Gasteiger partial charge is 0.480 e. The molecule has 0 saturated carbocycles. The van der Waals surface area contributed by atoms with Crippen molar-refractivity contribution in [3.8, 4) is 0 Å². The van der Waals surface area contributed by atoms with Crippen molar-refractivity contribution in [2.75, 3.05) is 92.4 Å². The number of hydrogen-bond acceptors (Lipinski definition) is 10. The van der Waals surface area contributed by atoms with Gasteiger partial charge < -0.3 is 43.6 Å². The zero-order chi connectivity index (χ0) is 33.6. The summed E-state index contributed by atoms with van der Waals surface area (Å²) in [7, 11) is 0. The van der Waals surface area contributed by atoms with Crippen molar-refractivity contribution in [1.29, 1.82) is 0 Å². The second kappa shape index (κ2) is 37.6. The summed E-state index contributed by atoms with van der Waals surface area (Å²) < 4.78 is 36.9. The van der Waals surface area contributed by atoms with Gasteiger partial charge in [-0.05, 0) is 6.42 Å². The molecule has 0 bridgehead atoms. The average molecular weight is 664 g/mol. The molecular formula is C34H65NO11. The molecule has 0 aromatic rings. The lowest BCUT2D eigenvalue weighted by Gasteiger charge is -2.09. The van der Waals surface area contributed by atoms with E-state index in [1.165, 1.54) is 83.5 Å². The van der Waals surface area contributed by atoms with Crippen LogP contribution in [0.4, 0.5) is 0 Å². The highest BCUT2D eigenvalue weighted by Crippen LogP contribution is 2.13. The number of nitrogens with one attached hydrogen (secondary N) is 1. The van der Waals surface area contributed by atoms with Crippen LogP contribution in [0.2, 0.25) is 0 Å². The van der Waals surface area contributed by atoms with Crippen LogP contribution in [-0.4, -0.2) is 115 Å². The highest BCUT2D eigenvalue weighted by atomic mass is 16.6. The van der Waals surface area contributed by atoms with E-state index in [1.807, 2.05) is 0 Å². The van der Waals surface area contributed by atoms with Gasteiger partial charge in [-0.25, -0.2) is 4.79 Å². The van der Waals surface area contributed by atoms with Gasteiger partial charge in [-0.3, -0.25) is 9.59 Å². The first-order valence-corrected chi connectivity index (χ1v) is 17.7. The molecule has 0 aliphatic carbocycles. The molecule has 0 rings (SSSR count). The van der Waals surface area contributed by atoms with Gasteiger partial charge in [0.2, 0.25) is 5.91 Å². The zero-order valence-electron chi connectivity index (χ0n) is 28.7. The molecule has 12 nitrogen and oxygen atoms in total. The number of aliphatic carboxylic acids is 1. The topological polar surface area (TPSA) is 148 Å². The standard InChI is InChI=1S/C34H65NO11/c1-2-3-4-5-6-7-8-9-10-11-12-13-14-15-16-17-34(39)46-29-28-44-27-26-43-25-24-42-23-22-41-21-20-40-19-18-35-32(36)30-45-31-33(37)38/h2-31H2,1H3,(H,35,36)(H,37,38). The molecule has 0 atom stereocenters. The van der Waals surface area contributed by atoms with Gasteiger partial charge in [-0.1, -0.05) is 96.8 Å². The van der Waals surface area contributed by atoms with Crippen molar-refractivity contribution >= 4 is 17.8 Å². The van der Waals surface area contributed by atoms with E-state index in [0.717, 1.165) is 12.8 Å². The van der Waals surface area contributed by atoms with Crippen LogP contribution in [0, 0.1) is 0 Å². The van der Waals surface area contributed by atoms with Crippen molar-refractivity contribution in [3.63, 3.8) is 0 Å². The summed E-state index contributed by atoms with van der Waals surface area (Å²) in [6, 6.07) is 0. The van der Waals surface area contributed by atoms with Crippen molar-refractivity contribution in [2.24, 2.45) is 0 Å². The lowest BCUT2D eigenvalue weighted by molar-refractivity contribution is -0.146. The van der Waals surface area contributed by atoms with E-state index in [2.05, 4.69) is 17.0 Å². The molecule has 0 fully saturated rings. The Kier molecular flexibility index (Phi) is 36.1. The minimum Gasteiger partial charge on any atom is -0.480 e. The number of carboxylic acids is 1. The molecule has 1 amide bonds. The van der Waals surface area contributed by atoms with Crippen LogP contribution in [-0.2, 0) is 47.5 Å². The van der Waals surface area contributed by atoms with Gasteiger partial charge in [-0.2, -0.15) is 0 Å². The number of hydrogen-bond donors (Lipinski definition) is 2. The third-order valence-corrected chi connectivity index (χ3v) is 6.99. The van der Waals surface area contributed by atoms with E-state index in [9.17, 15) is 14.4 Å². The van der Waals surface area contributed by atoms with E-state index in [-0.39, 0.29) is 19.2 Å². The number of ether oxygens (including phenoxy) is 7. The van der Waals surface area contributed by atoms with Gasteiger partial charge in [0.15, 0.2) is 0 Å². The number of amides is 1. The van der Waals surface area contributed by atoms with Crippen molar-refractivity contribution in [1.82, 2.24) is 5.32 Å². The number of carboxylic acid groups (broad SMARTS) is 1. The number of carbonyl (C=O) groups is 3. The summed E-state index contributed by atoms with van der Waals surface area (Å²) in [5, 5.41) is 11.0. The monoisotopic (exact) mass is 663 g/mol. The summed E-state index contributed by atoms with van der Waals surface area (Å²) >= 11 is 0. The van der Waals surface area contributed by atoms with E-state index in [0.29, 0.717) is 79.0 Å². The van der Waals surface area contributed by atoms with Crippen LogP contribution in [0.15, 0.2) is 0 Å². The smallest absolute Gasteiger partial charge is 0.329 e. The van der Waals surface area contributed by atoms with Gasteiger partial charge in [0, 0.05) is 13.0 Å². The Morgan fingerprint density at radius 1 is 0.478 bits per heavy atom. The van der Waals surface area contributed by atoms with E-state index in [1.54, 1.807) is 0 Å². The Bertz CT molecular complexity index is 681. The SMILES string of the molecule is CCCCCCCCCCCCCCCCCC(=O)OCCOCCOCCOCCOCCOCCNC(=O)COCC(=O)O. The number of carbonyl (C=O) groups excluding carboxylic acids is 2. The molecule has 0 radical (unpaired) electrons. The van der Waals surface area contributed by atoms with Gasteiger partial charge >= 0.3 is 11.9 Å². The van der Waals surface area contributed by atoms with Crippen molar-refractivity contribution in [3.05, 3.63) is 0 Å². The first-order valence-electron chi connectivity index (χ1n) is 17.7. The van der Waals surface area contributed by atoms with Crippen LogP contribution in [0.5, 0.6) is 0 Å². The third-order valence-electron chi connectivity index (χ3n) is 6.99. The number of esters is 1. The summed E-state index contributed by atoms with van der Waals surface area (Å²) in [6.45, 7) is 6.16. The predicted molar refractivity (Wildman–Crippen MR) is 176 cm³/mol. The molecule has 12 heteroatoms. The molecule has 2 N–H and O–H groups in total. The molecule has 0 aliphatic heterocycles. The fourth-order valence-corrected chi connectivity index (χ4v) is 4.45. The maximum absolute atomic E-state index is 11.9. The maximum Gasteiger partial charge on any atom is 0.329 e. The van der Waals surface area contributed by atoms with Crippen LogP contribution in [0.1, 0.15) is 110 Å². The average Bonchev–Trinajstić information content (AvgIpc) is 3.03. The van der Waals surface area contributed by atoms with E-state index in [4.69, 9.17) is 33.5 Å². The van der Waals surface area contributed by atoms with E-state index < -0.39 is 18.5 Å². The van der Waals surface area contributed by atoms with Gasteiger partial charge in [0.05, 0.1) is 66.1 Å². The molecular weight excluding hydrogens is 598 g/mol. The molecule has 0 aliphatic rings. The molecule has 272 valence electrons. The number of unbranched alkanes of at least 4 members (excludes halogenated alkanes) is 14. The van der Waals surface area contributed by atoms with Crippen molar-refractivity contribution in [2.45, 2.75) is 110 Å². The molecule has 0 spiro atoms. The van der Waals surface area contributed by atoms with Crippen LogP contribution in [0.3, 0.4) is 0 Å². The molecule has 0 aromatic heterocycles. The Hall–Kier alpha value is -1.83. The fourth-order valence-electron chi connectivity index (χ4n) is 4.45. The Morgan fingerprint density at radius 3 is 1.30 bits per heavy atom. The van der Waals surface area contributed by atoms with Crippen molar-refractivity contribution < 1.29 is 52.6 Å². The van der Waals surface area contributed by atoms with Crippen LogP contribution < -0.4 is 5.32 Å². The highest BCUT2D eigenvalue weighted by Gasteiger charge is 2.04. The summed E-state index contributed by atoms with van der Waals surface area (Å²) in [5.74, 6) is -1.66. The second-order valence-electron chi connectivity index (χ2n) is 11.2. The lowest BCUT2D eigenvalue weighted by Crippen LogP contribution is -2.31. The zero-order valence-corrected chi connectivity index (χ0v) is 28.7. The fraction of sp³-hybridized carbons (Fsp3) is 0.912. The van der Waals surface area contributed by atoms with Gasteiger partial charge in [0.1, 0.15) is 19.8 Å². The lowest BCUT2D eigenvalue weighted by atomic mass is 10.0. The minimum absolute atomic E-state index is 0.146. The first kappa shape index (κ1) is 44.2. The minimum atomic E-state index is -1.12. The molecule has 0 unspecified atom stereocenters. The normalized spacial score (nSPS) is 11.2. The molecule has 0 heterocycles. The van der Waals surface area contributed by atoms with Crippen LogP contribution in [0.25, 0.3) is 0 Å². The quantitative estimate of drug-likeness (QED) is 0.0672. The Balaban J connectivity index is 3.19. The molecule has 46 heavy (non-hydrogen) atoms. The van der Waals surface area contributed by atoms with Gasteiger partial charge in [-0.15, -0.1) is 0 Å². The molecule has 0 aromatic carbocycles. The van der Waals surface area contributed by atoms with Crippen LogP contribution >= 0.6 is 0 Å².